The third kappa shape index (κ3) is 3.36. The van der Waals surface area contributed by atoms with E-state index in [2.05, 4.69) is 33.7 Å². The van der Waals surface area contributed by atoms with Crippen molar-refractivity contribution in [2.45, 2.75) is 52.1 Å². The molecule has 0 radical (unpaired) electrons. The monoisotopic (exact) mass is 291 g/mol. The zero-order chi connectivity index (χ0) is 14.8. The van der Waals surface area contributed by atoms with Crippen molar-refractivity contribution in [3.63, 3.8) is 0 Å². The molecule has 3 atom stereocenters. The average molecular weight is 291 g/mol. The second kappa shape index (κ2) is 6.03. The number of hydrogen-bond acceptors (Lipinski definition) is 6. The molecule has 116 valence electrons. The normalized spacial score (nSPS) is 29.6. The highest BCUT2D eigenvalue weighted by Crippen LogP contribution is 2.31. The second-order valence-electron chi connectivity index (χ2n) is 6.48. The summed E-state index contributed by atoms with van der Waals surface area (Å²) in [5, 5.41) is 0. The summed E-state index contributed by atoms with van der Waals surface area (Å²) < 4.78 is 5.99. The highest BCUT2D eigenvalue weighted by atomic mass is 16.5. The first kappa shape index (κ1) is 14.4. The largest absolute Gasteiger partial charge is 0.460 e. The van der Waals surface area contributed by atoms with Crippen LogP contribution >= 0.6 is 0 Å². The molecule has 0 spiro atoms. The zero-order valence-electron chi connectivity index (χ0n) is 13.0. The molecule has 2 aliphatic rings. The summed E-state index contributed by atoms with van der Waals surface area (Å²) in [6.07, 6.45) is 5.89. The first-order chi connectivity index (χ1) is 10.1. The molecule has 2 N–H and O–H groups in total. The van der Waals surface area contributed by atoms with E-state index < -0.39 is 0 Å². The van der Waals surface area contributed by atoms with Gasteiger partial charge in [0.05, 0.1) is 0 Å². The molecule has 3 unspecified atom stereocenters. The Hall–Kier alpha value is -1.59. The van der Waals surface area contributed by atoms with Gasteiger partial charge < -0.3 is 15.4 Å². The summed E-state index contributed by atoms with van der Waals surface area (Å²) in [5.74, 6) is 2.36. The minimum Gasteiger partial charge on any atom is -0.460 e. The van der Waals surface area contributed by atoms with Crippen molar-refractivity contribution in [3.05, 3.63) is 0 Å². The molecule has 2 heterocycles. The summed E-state index contributed by atoms with van der Waals surface area (Å²) in [4.78, 5) is 15.0. The van der Waals surface area contributed by atoms with Crippen molar-refractivity contribution in [1.29, 1.82) is 0 Å². The van der Waals surface area contributed by atoms with Crippen LogP contribution in [0.15, 0.2) is 0 Å². The van der Waals surface area contributed by atoms with E-state index in [1.54, 1.807) is 0 Å². The molecule has 0 bridgehead atoms. The molecule has 0 amide bonds. The van der Waals surface area contributed by atoms with E-state index in [0.717, 1.165) is 31.8 Å². The zero-order valence-corrected chi connectivity index (χ0v) is 13.0. The van der Waals surface area contributed by atoms with Gasteiger partial charge >= 0.3 is 6.01 Å². The lowest BCUT2D eigenvalue weighted by Gasteiger charge is -2.31. The van der Waals surface area contributed by atoms with Crippen molar-refractivity contribution in [2.75, 3.05) is 23.7 Å². The predicted molar refractivity (Wildman–Crippen MR) is 82.3 cm³/mol. The molecule has 6 heteroatoms. The fourth-order valence-corrected chi connectivity index (χ4v) is 3.23. The summed E-state index contributed by atoms with van der Waals surface area (Å²) in [6.45, 7) is 6.58. The molecule has 21 heavy (non-hydrogen) atoms. The molecule has 2 fully saturated rings. The van der Waals surface area contributed by atoms with Crippen molar-refractivity contribution in [2.24, 2.45) is 11.8 Å². The average Bonchev–Trinajstić information content (AvgIpc) is 2.96. The van der Waals surface area contributed by atoms with Gasteiger partial charge in [-0.1, -0.05) is 13.8 Å². The Kier molecular flexibility index (Phi) is 4.12. The topological polar surface area (TPSA) is 77.2 Å². The molecule has 1 aliphatic heterocycles. The fraction of sp³-hybridized carbons (Fsp3) is 0.800. The molecule has 3 rings (SSSR count). The molecule has 1 saturated carbocycles. The van der Waals surface area contributed by atoms with Crippen molar-refractivity contribution < 1.29 is 4.74 Å². The van der Waals surface area contributed by atoms with Crippen LogP contribution in [-0.4, -0.2) is 34.1 Å². The van der Waals surface area contributed by atoms with E-state index >= 15 is 0 Å². The Morgan fingerprint density at radius 3 is 2.52 bits per heavy atom. The van der Waals surface area contributed by atoms with Crippen molar-refractivity contribution in [3.8, 4) is 6.01 Å². The van der Waals surface area contributed by atoms with E-state index in [0.29, 0.717) is 17.9 Å². The predicted octanol–water partition coefficient (Wildman–Crippen LogP) is 2.26. The molecule has 1 aromatic heterocycles. The highest BCUT2D eigenvalue weighted by Gasteiger charge is 2.27. The lowest BCUT2D eigenvalue weighted by Crippen LogP contribution is -2.30. The Labute approximate surface area is 126 Å². The van der Waals surface area contributed by atoms with Gasteiger partial charge in [-0.25, -0.2) is 0 Å². The van der Waals surface area contributed by atoms with Crippen LogP contribution in [0.1, 0.15) is 46.0 Å². The summed E-state index contributed by atoms with van der Waals surface area (Å²) in [5.41, 5.74) is 5.81. The number of nitrogens with two attached hydrogens (primary N) is 1. The molecule has 0 aromatic carbocycles. The molecule has 1 aliphatic carbocycles. The fourth-order valence-electron chi connectivity index (χ4n) is 3.23. The molecular weight excluding hydrogens is 266 g/mol. The van der Waals surface area contributed by atoms with E-state index in [-0.39, 0.29) is 12.1 Å². The van der Waals surface area contributed by atoms with Gasteiger partial charge in [-0.15, -0.1) is 0 Å². The molecule has 6 nitrogen and oxygen atoms in total. The molecule has 1 aromatic rings. The highest BCUT2D eigenvalue weighted by molar-refractivity contribution is 5.36. The lowest BCUT2D eigenvalue weighted by molar-refractivity contribution is 0.0919. The first-order valence-corrected chi connectivity index (χ1v) is 8.05. The van der Waals surface area contributed by atoms with Crippen LogP contribution in [0.4, 0.5) is 11.9 Å². The van der Waals surface area contributed by atoms with Gasteiger partial charge in [-0.3, -0.25) is 0 Å². The van der Waals surface area contributed by atoms with Crippen LogP contribution < -0.4 is 15.4 Å². The van der Waals surface area contributed by atoms with Crippen LogP contribution in [0.5, 0.6) is 6.01 Å². The van der Waals surface area contributed by atoms with E-state index in [1.807, 2.05) is 0 Å². The van der Waals surface area contributed by atoms with Gasteiger partial charge in [0.2, 0.25) is 11.9 Å². The van der Waals surface area contributed by atoms with Gasteiger partial charge in [-0.05, 0) is 43.9 Å². The number of anilines is 2. The molecular formula is C15H25N5O. The first-order valence-electron chi connectivity index (χ1n) is 8.05. The number of aromatic nitrogens is 3. The van der Waals surface area contributed by atoms with E-state index in [1.165, 1.54) is 19.3 Å². The number of nitrogens with zero attached hydrogens (tertiary/aromatic N) is 4. The Morgan fingerprint density at radius 2 is 1.81 bits per heavy atom. The standard InChI is InChI=1S/C15H25N5O/c1-10-5-6-12(9-11(10)2)21-15-18-13(16)17-14(19-15)20-7-3-4-8-20/h10-12H,3-9H2,1-2H3,(H2,16,17,18,19). The Bertz CT molecular complexity index is 489. The smallest absolute Gasteiger partial charge is 0.323 e. The summed E-state index contributed by atoms with van der Waals surface area (Å²) in [7, 11) is 0. The Morgan fingerprint density at radius 1 is 1.05 bits per heavy atom. The van der Waals surface area contributed by atoms with Crippen LogP contribution in [0.2, 0.25) is 0 Å². The van der Waals surface area contributed by atoms with Crippen LogP contribution in [0.3, 0.4) is 0 Å². The van der Waals surface area contributed by atoms with Gasteiger partial charge in [-0.2, -0.15) is 15.0 Å². The van der Waals surface area contributed by atoms with Gasteiger partial charge in [0.25, 0.3) is 0 Å². The third-order valence-corrected chi connectivity index (χ3v) is 4.83. The number of rotatable bonds is 3. The number of ether oxygens (including phenoxy) is 1. The number of hydrogen-bond donors (Lipinski definition) is 1. The van der Waals surface area contributed by atoms with Crippen molar-refractivity contribution >= 4 is 11.9 Å². The SMILES string of the molecule is CC1CCC(Oc2nc(N)nc(N3CCCC3)n2)CC1C. The lowest BCUT2D eigenvalue weighted by atomic mass is 9.80. The quantitative estimate of drug-likeness (QED) is 0.920. The van der Waals surface area contributed by atoms with E-state index in [9.17, 15) is 0 Å². The molecule has 1 saturated heterocycles. The van der Waals surface area contributed by atoms with Gasteiger partial charge in [0, 0.05) is 13.1 Å². The van der Waals surface area contributed by atoms with E-state index in [4.69, 9.17) is 10.5 Å². The maximum atomic E-state index is 5.99. The van der Waals surface area contributed by atoms with Gasteiger partial charge in [0.15, 0.2) is 0 Å². The van der Waals surface area contributed by atoms with Gasteiger partial charge in [0.1, 0.15) is 6.10 Å². The van der Waals surface area contributed by atoms with Crippen LogP contribution in [0, 0.1) is 11.8 Å². The third-order valence-electron chi connectivity index (χ3n) is 4.83. The number of nitrogen functional groups attached to an aromatic ring is 1. The minimum absolute atomic E-state index is 0.199. The Balaban J connectivity index is 1.70. The maximum Gasteiger partial charge on any atom is 0.323 e. The maximum absolute atomic E-state index is 5.99. The van der Waals surface area contributed by atoms with Crippen LogP contribution in [0.25, 0.3) is 0 Å². The minimum atomic E-state index is 0.199. The van der Waals surface area contributed by atoms with Crippen molar-refractivity contribution in [1.82, 2.24) is 15.0 Å². The summed E-state index contributed by atoms with van der Waals surface area (Å²) >= 11 is 0. The summed E-state index contributed by atoms with van der Waals surface area (Å²) in [6, 6.07) is 0.385. The van der Waals surface area contributed by atoms with Crippen LogP contribution in [-0.2, 0) is 0 Å². The second-order valence-corrected chi connectivity index (χ2v) is 6.48.